The summed E-state index contributed by atoms with van der Waals surface area (Å²) in [5.41, 5.74) is 1.24. The summed E-state index contributed by atoms with van der Waals surface area (Å²) in [6.45, 7) is 2.88. The zero-order valence-electron chi connectivity index (χ0n) is 13.9. The monoisotopic (exact) mass is 321 g/mol. The number of ether oxygens (including phenoxy) is 1. The van der Waals surface area contributed by atoms with E-state index >= 15 is 0 Å². The first-order chi connectivity index (χ1) is 11.7. The first-order valence-electron chi connectivity index (χ1n) is 8.31. The van der Waals surface area contributed by atoms with Crippen molar-refractivity contribution in [1.82, 2.24) is 5.32 Å². The molecule has 3 heteroatoms. The van der Waals surface area contributed by atoms with Crippen LogP contribution >= 0.6 is 0 Å². The molecular weight excluding hydrogens is 298 g/mol. The number of hydrogen-bond acceptors (Lipinski definition) is 3. The van der Waals surface area contributed by atoms with Crippen LogP contribution in [0.5, 0.6) is 5.75 Å². The lowest BCUT2D eigenvalue weighted by molar-refractivity contribution is 0.104. The molecule has 3 aromatic carbocycles. The van der Waals surface area contributed by atoms with E-state index in [0.29, 0.717) is 6.54 Å². The number of para-hydroxylation sites is 1. The van der Waals surface area contributed by atoms with Crippen LogP contribution in [0.4, 0.5) is 0 Å². The van der Waals surface area contributed by atoms with E-state index in [-0.39, 0.29) is 12.6 Å². The van der Waals surface area contributed by atoms with Crippen molar-refractivity contribution in [1.29, 1.82) is 0 Å². The maximum Gasteiger partial charge on any atom is 0.119 e. The Bertz CT molecular complexity index is 768. The standard InChI is InChI=1S/C21H23NO2/c1-16(20-13-7-9-17-8-5-6-12-21(17)20)22-14-18(23)15-24-19-10-3-2-4-11-19/h2-13,16,18,22-23H,14-15H2,1H3. The van der Waals surface area contributed by atoms with Gasteiger partial charge in [-0.1, -0.05) is 60.7 Å². The Labute approximate surface area is 142 Å². The summed E-state index contributed by atoms with van der Waals surface area (Å²) in [7, 11) is 0. The summed E-state index contributed by atoms with van der Waals surface area (Å²) in [6.07, 6.45) is -0.553. The Kier molecular flexibility index (Phi) is 5.47. The summed E-state index contributed by atoms with van der Waals surface area (Å²) < 4.78 is 5.59. The van der Waals surface area contributed by atoms with Crippen LogP contribution in [-0.2, 0) is 0 Å². The van der Waals surface area contributed by atoms with E-state index < -0.39 is 6.10 Å². The van der Waals surface area contributed by atoms with Crippen molar-refractivity contribution in [3.05, 3.63) is 78.4 Å². The summed E-state index contributed by atoms with van der Waals surface area (Å²) in [5, 5.41) is 16.0. The van der Waals surface area contributed by atoms with Crippen molar-refractivity contribution >= 4 is 10.8 Å². The Morgan fingerprint density at radius 3 is 2.46 bits per heavy atom. The molecule has 0 heterocycles. The Morgan fingerprint density at radius 2 is 1.62 bits per heavy atom. The lowest BCUT2D eigenvalue weighted by Gasteiger charge is -2.19. The molecule has 2 N–H and O–H groups in total. The first kappa shape index (κ1) is 16.5. The van der Waals surface area contributed by atoms with Gasteiger partial charge in [0.15, 0.2) is 0 Å². The molecule has 0 amide bonds. The number of hydrogen-bond donors (Lipinski definition) is 2. The fourth-order valence-electron chi connectivity index (χ4n) is 2.82. The third kappa shape index (κ3) is 4.13. The van der Waals surface area contributed by atoms with Crippen molar-refractivity contribution in [2.24, 2.45) is 0 Å². The molecule has 0 aliphatic rings. The molecule has 3 rings (SSSR count). The van der Waals surface area contributed by atoms with Crippen molar-refractivity contribution in [2.45, 2.75) is 19.1 Å². The van der Waals surface area contributed by atoms with E-state index in [4.69, 9.17) is 4.74 Å². The van der Waals surface area contributed by atoms with Gasteiger partial charge in [-0.2, -0.15) is 0 Å². The minimum absolute atomic E-state index is 0.155. The largest absolute Gasteiger partial charge is 0.491 e. The Hall–Kier alpha value is -2.36. The van der Waals surface area contributed by atoms with Crippen LogP contribution in [0.2, 0.25) is 0 Å². The first-order valence-corrected chi connectivity index (χ1v) is 8.31. The highest BCUT2D eigenvalue weighted by Gasteiger charge is 2.11. The van der Waals surface area contributed by atoms with Crippen molar-refractivity contribution in [3.8, 4) is 5.75 Å². The van der Waals surface area contributed by atoms with Crippen LogP contribution in [0.3, 0.4) is 0 Å². The van der Waals surface area contributed by atoms with Crippen molar-refractivity contribution in [3.63, 3.8) is 0 Å². The van der Waals surface area contributed by atoms with Crippen LogP contribution in [-0.4, -0.2) is 24.4 Å². The van der Waals surface area contributed by atoms with Crippen molar-refractivity contribution < 1.29 is 9.84 Å². The maximum atomic E-state index is 10.1. The number of rotatable bonds is 7. The van der Waals surface area contributed by atoms with Gasteiger partial charge in [0.2, 0.25) is 0 Å². The van der Waals surface area contributed by atoms with Crippen molar-refractivity contribution in [2.75, 3.05) is 13.2 Å². The highest BCUT2D eigenvalue weighted by molar-refractivity contribution is 5.86. The van der Waals surface area contributed by atoms with Crippen LogP contribution < -0.4 is 10.1 Å². The van der Waals surface area contributed by atoms with Crippen LogP contribution in [0.25, 0.3) is 10.8 Å². The molecule has 0 aliphatic heterocycles. The van der Waals surface area contributed by atoms with E-state index in [0.717, 1.165) is 5.75 Å². The predicted octanol–water partition coefficient (Wildman–Crippen LogP) is 3.93. The number of benzene rings is 3. The van der Waals surface area contributed by atoms with Gasteiger partial charge in [0.1, 0.15) is 18.5 Å². The van der Waals surface area contributed by atoms with E-state index in [9.17, 15) is 5.11 Å². The van der Waals surface area contributed by atoms with E-state index in [2.05, 4.69) is 54.7 Å². The van der Waals surface area contributed by atoms with Gasteiger partial charge in [0.05, 0.1) is 0 Å². The topological polar surface area (TPSA) is 41.5 Å². The van der Waals surface area contributed by atoms with Gasteiger partial charge >= 0.3 is 0 Å². The summed E-state index contributed by atoms with van der Waals surface area (Å²) in [4.78, 5) is 0. The SMILES string of the molecule is CC(NCC(O)COc1ccccc1)c1cccc2ccccc12. The zero-order chi connectivity index (χ0) is 16.8. The summed E-state index contributed by atoms with van der Waals surface area (Å²) in [6, 6.07) is 24.4. The van der Waals surface area contributed by atoms with Crippen LogP contribution in [0.15, 0.2) is 72.8 Å². The van der Waals surface area contributed by atoms with Crippen LogP contribution in [0.1, 0.15) is 18.5 Å². The minimum atomic E-state index is -0.553. The van der Waals surface area contributed by atoms with Gasteiger partial charge in [0, 0.05) is 12.6 Å². The van der Waals surface area contributed by atoms with Gasteiger partial charge in [0.25, 0.3) is 0 Å². The molecule has 0 spiro atoms. The molecule has 0 fully saturated rings. The smallest absolute Gasteiger partial charge is 0.119 e. The molecule has 3 aromatic rings. The predicted molar refractivity (Wildman–Crippen MR) is 98.3 cm³/mol. The van der Waals surface area contributed by atoms with Crippen LogP contribution in [0, 0.1) is 0 Å². The third-order valence-corrected chi connectivity index (χ3v) is 4.14. The number of nitrogens with one attached hydrogen (secondary N) is 1. The molecule has 124 valence electrons. The molecule has 0 saturated heterocycles. The highest BCUT2D eigenvalue weighted by atomic mass is 16.5. The van der Waals surface area contributed by atoms with Gasteiger partial charge in [-0.05, 0) is 35.4 Å². The van der Waals surface area contributed by atoms with Gasteiger partial charge in [-0.25, -0.2) is 0 Å². The molecule has 24 heavy (non-hydrogen) atoms. The molecule has 2 unspecified atom stereocenters. The number of aliphatic hydroxyl groups excluding tert-OH is 1. The average Bonchev–Trinajstić information content (AvgIpc) is 2.64. The highest BCUT2D eigenvalue weighted by Crippen LogP contribution is 2.23. The van der Waals surface area contributed by atoms with E-state index in [1.807, 2.05) is 30.3 Å². The lowest BCUT2D eigenvalue weighted by Crippen LogP contribution is -2.33. The van der Waals surface area contributed by atoms with Gasteiger partial charge in [-0.15, -0.1) is 0 Å². The molecular formula is C21H23NO2. The Balaban J connectivity index is 1.55. The van der Waals surface area contributed by atoms with Gasteiger partial charge in [-0.3, -0.25) is 0 Å². The molecule has 3 nitrogen and oxygen atoms in total. The second kappa shape index (κ2) is 7.95. The maximum absolute atomic E-state index is 10.1. The molecule has 0 saturated carbocycles. The van der Waals surface area contributed by atoms with E-state index in [1.165, 1.54) is 16.3 Å². The molecule has 2 atom stereocenters. The molecule has 0 aliphatic carbocycles. The number of aliphatic hydroxyl groups is 1. The molecule has 0 radical (unpaired) electrons. The quantitative estimate of drug-likeness (QED) is 0.693. The Morgan fingerprint density at radius 1 is 0.917 bits per heavy atom. The minimum Gasteiger partial charge on any atom is -0.491 e. The second-order valence-corrected chi connectivity index (χ2v) is 5.98. The van der Waals surface area contributed by atoms with Gasteiger partial charge < -0.3 is 15.2 Å². The average molecular weight is 321 g/mol. The lowest BCUT2D eigenvalue weighted by atomic mass is 9.99. The molecule has 0 aromatic heterocycles. The summed E-state index contributed by atoms with van der Waals surface area (Å²) in [5.74, 6) is 0.777. The van der Waals surface area contributed by atoms with E-state index in [1.54, 1.807) is 0 Å². The normalized spacial score (nSPS) is 13.6. The molecule has 0 bridgehead atoms. The zero-order valence-corrected chi connectivity index (χ0v) is 13.9. The summed E-state index contributed by atoms with van der Waals surface area (Å²) >= 11 is 0. The fraction of sp³-hybridized carbons (Fsp3) is 0.238. The number of fused-ring (bicyclic) bond motifs is 1. The second-order valence-electron chi connectivity index (χ2n) is 5.98. The fourth-order valence-corrected chi connectivity index (χ4v) is 2.82. The third-order valence-electron chi connectivity index (χ3n) is 4.14.